The first-order valence-corrected chi connectivity index (χ1v) is 13.4. The number of anilines is 1. The number of aromatic nitrogens is 1. The van der Waals surface area contributed by atoms with Gasteiger partial charge in [0.1, 0.15) is 24.0 Å². The van der Waals surface area contributed by atoms with Gasteiger partial charge in [0.25, 0.3) is 0 Å². The molecule has 9 nitrogen and oxygen atoms in total. The van der Waals surface area contributed by atoms with Gasteiger partial charge in [-0.3, -0.25) is 0 Å². The summed E-state index contributed by atoms with van der Waals surface area (Å²) < 4.78 is 6.85. The zero-order valence-electron chi connectivity index (χ0n) is 22.9. The van der Waals surface area contributed by atoms with E-state index < -0.39 is 23.2 Å². The standard InChI is InChI=1S/C31H32N4O5/c1-30(2,3)40-29(38)34-23(19-32)13-15-25(34)22-12-14-26-24(18-22)31(16-8-5-9-17-31)27(35(26)28(36)37)33-39-20-21-10-6-4-7-11-21/h4,6-7,10-15,18H,5,8-9,16-17,20H2,1-3H3,(H,36,37). The number of nitrogens with zero attached hydrogens (tertiary/aromatic N) is 4. The monoisotopic (exact) mass is 540 g/mol. The third kappa shape index (κ3) is 4.93. The minimum absolute atomic E-state index is 0.154. The third-order valence-corrected chi connectivity index (χ3v) is 7.38. The second-order valence-corrected chi connectivity index (χ2v) is 11.2. The van der Waals surface area contributed by atoms with Crippen LogP contribution in [0, 0.1) is 11.3 Å². The van der Waals surface area contributed by atoms with Gasteiger partial charge in [0, 0.05) is 0 Å². The summed E-state index contributed by atoms with van der Waals surface area (Å²) in [5, 5.41) is 24.4. The van der Waals surface area contributed by atoms with Crippen LogP contribution in [0.2, 0.25) is 0 Å². The number of hydrogen-bond donors (Lipinski definition) is 1. The topological polar surface area (TPSA) is 117 Å². The average Bonchev–Trinajstić information content (AvgIpc) is 3.47. The minimum atomic E-state index is -1.14. The molecule has 1 fully saturated rings. The number of carbonyl (C=O) groups excluding carboxylic acids is 1. The van der Waals surface area contributed by atoms with Crippen LogP contribution in [0.3, 0.4) is 0 Å². The van der Waals surface area contributed by atoms with Crippen LogP contribution >= 0.6 is 0 Å². The summed E-state index contributed by atoms with van der Waals surface area (Å²) in [6, 6.07) is 20.4. The predicted octanol–water partition coefficient (Wildman–Crippen LogP) is 7.04. The Labute approximate surface area is 233 Å². The fourth-order valence-corrected chi connectivity index (χ4v) is 5.69. The maximum Gasteiger partial charge on any atom is 0.420 e. The molecule has 5 rings (SSSR count). The first-order chi connectivity index (χ1) is 19.1. The normalized spacial score (nSPS) is 16.9. The molecule has 0 unspecified atom stereocenters. The van der Waals surface area contributed by atoms with Crippen molar-refractivity contribution in [3.63, 3.8) is 0 Å². The molecule has 0 bridgehead atoms. The van der Waals surface area contributed by atoms with E-state index in [2.05, 4.69) is 11.2 Å². The van der Waals surface area contributed by atoms with Gasteiger partial charge in [-0.15, -0.1) is 0 Å². The molecular formula is C31H32N4O5. The van der Waals surface area contributed by atoms with Gasteiger partial charge in [-0.05, 0) is 74.6 Å². The number of amidine groups is 1. The second kappa shape index (κ2) is 10.5. The van der Waals surface area contributed by atoms with Crippen LogP contribution in [0.5, 0.6) is 0 Å². The number of hydrogen-bond acceptors (Lipinski definition) is 6. The van der Waals surface area contributed by atoms with Crippen LogP contribution in [-0.4, -0.2) is 33.3 Å². The SMILES string of the molecule is CC(C)(C)OC(=O)n1c(C#N)ccc1-c1ccc2c(c1)C1(CCCCC1)C(=NOCc1ccccc1)N2C(=O)O. The molecule has 1 aromatic heterocycles. The lowest BCUT2D eigenvalue weighted by molar-refractivity contribution is 0.0539. The van der Waals surface area contributed by atoms with E-state index >= 15 is 0 Å². The van der Waals surface area contributed by atoms with Crippen molar-refractivity contribution >= 4 is 23.7 Å². The van der Waals surface area contributed by atoms with Crippen LogP contribution in [-0.2, 0) is 21.6 Å². The fraction of sp³-hybridized carbons (Fsp3) is 0.355. The van der Waals surface area contributed by atoms with E-state index in [0.717, 1.165) is 43.2 Å². The van der Waals surface area contributed by atoms with E-state index in [1.165, 1.54) is 9.47 Å². The Bertz CT molecular complexity index is 1500. The van der Waals surface area contributed by atoms with Crippen LogP contribution in [0.4, 0.5) is 15.3 Å². The van der Waals surface area contributed by atoms with Gasteiger partial charge in [-0.1, -0.05) is 60.8 Å². The molecule has 1 saturated carbocycles. The third-order valence-electron chi connectivity index (χ3n) is 7.38. The van der Waals surface area contributed by atoms with Crippen LogP contribution in [0.1, 0.15) is 69.7 Å². The highest BCUT2D eigenvalue weighted by Crippen LogP contribution is 2.52. The van der Waals surface area contributed by atoms with E-state index in [4.69, 9.17) is 9.57 Å². The molecule has 206 valence electrons. The lowest BCUT2D eigenvalue weighted by Crippen LogP contribution is -2.44. The quantitative estimate of drug-likeness (QED) is 0.355. The molecule has 1 amide bonds. The van der Waals surface area contributed by atoms with Crippen molar-refractivity contribution < 1.29 is 24.3 Å². The van der Waals surface area contributed by atoms with Crippen molar-refractivity contribution in [1.82, 2.24) is 4.57 Å². The van der Waals surface area contributed by atoms with Gasteiger partial charge in [0.15, 0.2) is 5.84 Å². The highest BCUT2D eigenvalue weighted by molar-refractivity contribution is 6.23. The van der Waals surface area contributed by atoms with Gasteiger partial charge < -0.3 is 14.7 Å². The largest absolute Gasteiger partial charge is 0.464 e. The molecule has 1 N–H and O–H groups in total. The Kier molecular flexibility index (Phi) is 7.11. The molecular weight excluding hydrogens is 508 g/mol. The molecule has 3 aromatic rings. The lowest BCUT2D eigenvalue weighted by Gasteiger charge is -2.34. The molecule has 2 heterocycles. The number of oxime groups is 1. The number of nitriles is 1. The molecule has 2 aromatic carbocycles. The van der Waals surface area contributed by atoms with Gasteiger partial charge in [0.2, 0.25) is 0 Å². The average molecular weight is 541 g/mol. The van der Waals surface area contributed by atoms with E-state index in [1.807, 2.05) is 36.4 Å². The Morgan fingerprint density at radius 1 is 1.05 bits per heavy atom. The molecule has 0 saturated heterocycles. The summed E-state index contributed by atoms with van der Waals surface area (Å²) in [6.45, 7) is 5.52. The second-order valence-electron chi connectivity index (χ2n) is 11.2. The van der Waals surface area contributed by atoms with Crippen molar-refractivity contribution in [2.75, 3.05) is 4.90 Å². The minimum Gasteiger partial charge on any atom is -0.464 e. The number of ether oxygens (including phenoxy) is 1. The number of benzene rings is 2. The molecule has 1 aliphatic carbocycles. The first-order valence-electron chi connectivity index (χ1n) is 13.4. The van der Waals surface area contributed by atoms with Gasteiger partial charge in [-0.2, -0.15) is 5.26 Å². The van der Waals surface area contributed by atoms with Crippen molar-refractivity contribution in [3.8, 4) is 17.3 Å². The molecule has 1 spiro atoms. The van der Waals surface area contributed by atoms with E-state index in [1.54, 1.807) is 45.0 Å². The fourth-order valence-electron chi connectivity index (χ4n) is 5.69. The number of fused-ring (bicyclic) bond motifs is 2. The summed E-state index contributed by atoms with van der Waals surface area (Å²) in [6.07, 6.45) is 2.54. The van der Waals surface area contributed by atoms with Gasteiger partial charge in [-0.25, -0.2) is 19.1 Å². The molecule has 40 heavy (non-hydrogen) atoms. The van der Waals surface area contributed by atoms with Crippen molar-refractivity contribution in [2.45, 2.75) is 70.5 Å². The number of carboxylic acid groups (broad SMARTS) is 1. The highest BCUT2D eigenvalue weighted by atomic mass is 16.6. The summed E-state index contributed by atoms with van der Waals surface area (Å²) in [5.74, 6) is 0.364. The molecule has 2 aliphatic rings. The summed E-state index contributed by atoms with van der Waals surface area (Å²) in [7, 11) is 0. The van der Waals surface area contributed by atoms with E-state index in [9.17, 15) is 20.0 Å². The predicted molar refractivity (Wildman–Crippen MR) is 150 cm³/mol. The Morgan fingerprint density at radius 2 is 1.77 bits per heavy atom. The summed E-state index contributed by atoms with van der Waals surface area (Å²) in [5.41, 5.74) is 2.20. The van der Waals surface area contributed by atoms with Crippen molar-refractivity contribution in [1.29, 1.82) is 5.26 Å². The smallest absolute Gasteiger partial charge is 0.420 e. The molecule has 1 aliphatic heterocycles. The molecule has 9 heteroatoms. The Hall–Kier alpha value is -4.58. The summed E-state index contributed by atoms with van der Waals surface area (Å²) in [4.78, 5) is 32.7. The van der Waals surface area contributed by atoms with E-state index in [-0.39, 0.29) is 12.3 Å². The molecule has 0 atom stereocenters. The van der Waals surface area contributed by atoms with E-state index in [0.29, 0.717) is 22.8 Å². The lowest BCUT2D eigenvalue weighted by atomic mass is 9.69. The zero-order valence-corrected chi connectivity index (χ0v) is 22.9. The van der Waals surface area contributed by atoms with Crippen LogP contribution in [0.25, 0.3) is 11.3 Å². The van der Waals surface area contributed by atoms with Crippen LogP contribution < -0.4 is 4.90 Å². The number of rotatable bonds is 4. The highest BCUT2D eigenvalue weighted by Gasteiger charge is 2.52. The first kappa shape index (κ1) is 27.0. The van der Waals surface area contributed by atoms with Crippen LogP contribution in [0.15, 0.2) is 65.8 Å². The van der Waals surface area contributed by atoms with Gasteiger partial charge in [0.05, 0.1) is 16.8 Å². The number of carbonyl (C=O) groups is 2. The Morgan fingerprint density at radius 3 is 2.42 bits per heavy atom. The Balaban J connectivity index is 1.60. The number of amides is 1. The maximum absolute atomic E-state index is 13.1. The van der Waals surface area contributed by atoms with Crippen molar-refractivity contribution in [2.24, 2.45) is 5.16 Å². The molecule has 0 radical (unpaired) electrons. The summed E-state index contributed by atoms with van der Waals surface area (Å²) >= 11 is 0. The maximum atomic E-state index is 13.1. The zero-order chi connectivity index (χ0) is 28.5. The van der Waals surface area contributed by atoms with Gasteiger partial charge >= 0.3 is 12.2 Å². The van der Waals surface area contributed by atoms with Crippen molar-refractivity contribution in [3.05, 3.63) is 77.5 Å².